The number of aliphatic hydroxyl groups is 18. The minimum atomic E-state index is -2.33. The summed E-state index contributed by atoms with van der Waals surface area (Å²) in [6, 6.07) is -3.31. The van der Waals surface area contributed by atoms with E-state index in [1.165, 1.54) is 0 Å². The van der Waals surface area contributed by atoms with Gasteiger partial charge < -0.3 is 155 Å². The Bertz CT molecular complexity index is 1750. The summed E-state index contributed by atoms with van der Waals surface area (Å²) in [4.78, 5) is 24.5. The number of carbonyl (C=O) groups excluding carboxylic acids is 2. The molecule has 6 heterocycles. The number of hydrogen-bond acceptors (Lipinski definition) is 31. The van der Waals surface area contributed by atoms with Gasteiger partial charge in [0.1, 0.15) is 146 Å². The van der Waals surface area contributed by atoms with E-state index >= 15 is 0 Å². The van der Waals surface area contributed by atoms with Gasteiger partial charge in [0, 0.05) is 13.8 Å². The van der Waals surface area contributed by atoms with Crippen molar-refractivity contribution in [2.24, 2.45) is 0 Å². The molecule has 0 aromatic rings. The van der Waals surface area contributed by atoms with Gasteiger partial charge in [0.15, 0.2) is 37.7 Å². The van der Waals surface area contributed by atoms with Crippen LogP contribution in [0.2, 0.25) is 0 Å². The maximum atomic E-state index is 12.6. The molecule has 6 rings (SSSR count). The third kappa shape index (κ3) is 13.0. The van der Waals surface area contributed by atoms with Gasteiger partial charge in [0.2, 0.25) is 11.8 Å². The molecule has 6 aliphatic heterocycles. The highest BCUT2D eigenvalue weighted by molar-refractivity contribution is 5.73. The van der Waals surface area contributed by atoms with Crippen LogP contribution in [0.5, 0.6) is 0 Å². The molecular weight excluding hydrogens is 1000 g/mol. The van der Waals surface area contributed by atoms with E-state index in [1.807, 2.05) is 0 Å². The van der Waals surface area contributed by atoms with Gasteiger partial charge in [-0.25, -0.2) is 0 Å². The number of carbonyl (C=O) groups is 2. The summed E-state index contributed by atoms with van der Waals surface area (Å²) in [5.74, 6) is -1.56. The Hall–Kier alpha value is -2.22. The number of nitrogens with one attached hydrogen (secondary N) is 2. The smallest absolute Gasteiger partial charge is 0.217 e. The summed E-state index contributed by atoms with van der Waals surface area (Å²) in [5, 5.41) is 197. The van der Waals surface area contributed by atoms with Gasteiger partial charge in [-0.15, -0.1) is 0 Å². The fourth-order valence-electron chi connectivity index (χ4n) is 9.20. The van der Waals surface area contributed by atoms with Crippen LogP contribution >= 0.6 is 0 Å². The Morgan fingerprint density at radius 2 is 0.740 bits per heavy atom. The van der Waals surface area contributed by atoms with Crippen molar-refractivity contribution in [1.82, 2.24) is 10.6 Å². The molecule has 0 saturated carbocycles. The van der Waals surface area contributed by atoms with Crippen LogP contribution in [0, 0.1) is 0 Å². The van der Waals surface area contributed by atoms with Crippen molar-refractivity contribution in [3.63, 3.8) is 0 Å². The van der Waals surface area contributed by atoms with E-state index in [2.05, 4.69) is 10.6 Å². The second-order valence-electron chi connectivity index (χ2n) is 18.3. The van der Waals surface area contributed by atoms with Crippen LogP contribution in [0.1, 0.15) is 13.8 Å². The zero-order valence-corrected chi connectivity index (χ0v) is 38.9. The lowest BCUT2D eigenvalue weighted by Crippen LogP contribution is -2.70. The minimum Gasteiger partial charge on any atom is -0.394 e. The average Bonchev–Trinajstić information content (AvgIpc) is 3.35. The highest BCUT2D eigenvalue weighted by Gasteiger charge is 2.58. The molecule has 0 bridgehead atoms. The van der Waals surface area contributed by atoms with Crippen LogP contribution in [-0.2, 0) is 61.7 Å². The van der Waals surface area contributed by atoms with Gasteiger partial charge in [-0.2, -0.15) is 0 Å². The summed E-state index contributed by atoms with van der Waals surface area (Å²) in [7, 11) is 0. The quantitative estimate of drug-likeness (QED) is 0.0606. The summed E-state index contributed by atoms with van der Waals surface area (Å²) in [5.41, 5.74) is 0. The molecule has 20 N–H and O–H groups in total. The molecule has 33 heteroatoms. The van der Waals surface area contributed by atoms with Crippen molar-refractivity contribution in [1.29, 1.82) is 0 Å². The van der Waals surface area contributed by atoms with Gasteiger partial charge in [0.05, 0.1) is 39.6 Å². The largest absolute Gasteiger partial charge is 0.394 e. The van der Waals surface area contributed by atoms with Crippen LogP contribution in [0.15, 0.2) is 0 Å². The third-order valence-corrected chi connectivity index (χ3v) is 13.2. The second kappa shape index (κ2) is 26.0. The van der Waals surface area contributed by atoms with E-state index in [0.29, 0.717) is 0 Å². The molecule has 424 valence electrons. The van der Waals surface area contributed by atoms with Gasteiger partial charge >= 0.3 is 0 Å². The maximum Gasteiger partial charge on any atom is 0.217 e. The standard InChI is InChI=1S/C40H68N2O31/c1-9(48)41-17-23(54)31(14(6-46)64-35(17)62)70-36-18(42-10(2)49)24(55)32(15(7-47)68-36)71-39-30(61)33(22(53)16(69-39)8-63-37-28(59)25(56)19(50)11(3-43)65-37)72-40-34(27(58)21(52)13(5-45)67-40)73-38-29(60)26(57)20(51)12(4-44)66-38/h11-40,43-47,50-62H,3-8H2,1-2H3,(H,41,48)(H,42,49)/t11-,12-,13-,14-,15-,16-,17-,18-,19-,20-,21-,22-,23-,24-,25+,26+,27+,28+,29+,30+,31-,32-,33+,34+,35?,36+,37+,38-,39+,40-/m1/s1. The summed E-state index contributed by atoms with van der Waals surface area (Å²) in [6.07, 6.45) is -54.2. The van der Waals surface area contributed by atoms with E-state index in [9.17, 15) is 102 Å². The normalized spacial score (nSPS) is 49.8. The Labute approximate surface area is 413 Å². The lowest BCUT2D eigenvalue weighted by Gasteiger charge is -2.50. The van der Waals surface area contributed by atoms with Crippen molar-refractivity contribution >= 4 is 11.8 Å². The van der Waals surface area contributed by atoms with Gasteiger partial charge in [-0.05, 0) is 0 Å². The molecule has 6 fully saturated rings. The number of ether oxygens (including phenoxy) is 11. The van der Waals surface area contributed by atoms with Crippen LogP contribution < -0.4 is 10.6 Å². The molecule has 6 saturated heterocycles. The monoisotopic (exact) mass is 1070 g/mol. The van der Waals surface area contributed by atoms with E-state index in [4.69, 9.17) is 52.1 Å². The number of rotatable bonds is 18. The first-order valence-electron chi connectivity index (χ1n) is 23.1. The first-order chi connectivity index (χ1) is 34.5. The van der Waals surface area contributed by atoms with Crippen LogP contribution in [0.4, 0.5) is 0 Å². The third-order valence-electron chi connectivity index (χ3n) is 13.2. The fourth-order valence-corrected chi connectivity index (χ4v) is 9.20. The Balaban J connectivity index is 1.31. The average molecular weight is 1070 g/mol. The molecular formula is C40H68N2O31. The summed E-state index contributed by atoms with van der Waals surface area (Å²) in [6.45, 7) is -3.66. The number of aliphatic hydroxyl groups excluding tert-OH is 18. The first-order valence-corrected chi connectivity index (χ1v) is 23.1. The molecule has 0 radical (unpaired) electrons. The van der Waals surface area contributed by atoms with Crippen molar-refractivity contribution in [3.05, 3.63) is 0 Å². The van der Waals surface area contributed by atoms with E-state index in [1.54, 1.807) is 0 Å². The lowest BCUT2D eigenvalue weighted by molar-refractivity contribution is -0.398. The molecule has 6 aliphatic rings. The second-order valence-corrected chi connectivity index (χ2v) is 18.3. The molecule has 1 unspecified atom stereocenters. The van der Waals surface area contributed by atoms with E-state index < -0.39 is 236 Å². The van der Waals surface area contributed by atoms with E-state index in [-0.39, 0.29) is 0 Å². The van der Waals surface area contributed by atoms with Crippen molar-refractivity contribution in [3.8, 4) is 0 Å². The maximum absolute atomic E-state index is 12.6. The topological polar surface area (TPSA) is 524 Å². The van der Waals surface area contributed by atoms with E-state index in [0.717, 1.165) is 13.8 Å². The summed E-state index contributed by atoms with van der Waals surface area (Å²) < 4.78 is 62.9. The zero-order valence-electron chi connectivity index (χ0n) is 38.9. The molecule has 0 aliphatic carbocycles. The predicted molar refractivity (Wildman–Crippen MR) is 222 cm³/mol. The summed E-state index contributed by atoms with van der Waals surface area (Å²) >= 11 is 0. The van der Waals surface area contributed by atoms with Gasteiger partial charge in [0.25, 0.3) is 0 Å². The molecule has 0 spiro atoms. The molecule has 33 nitrogen and oxygen atoms in total. The molecule has 2 amide bonds. The first kappa shape index (κ1) is 60.0. The molecule has 30 atom stereocenters. The van der Waals surface area contributed by atoms with Crippen LogP contribution in [0.3, 0.4) is 0 Å². The van der Waals surface area contributed by atoms with Crippen molar-refractivity contribution in [2.75, 3.05) is 39.6 Å². The zero-order chi connectivity index (χ0) is 53.9. The molecule has 0 aromatic carbocycles. The fraction of sp³-hybridized carbons (Fsp3) is 0.950. The van der Waals surface area contributed by atoms with Gasteiger partial charge in [-0.1, -0.05) is 0 Å². The minimum absolute atomic E-state index is 0.720. The molecule has 0 aromatic heterocycles. The SMILES string of the molecule is CC(=O)N[C@H]1[C@H](O[C@H]2[C@H](O)[C@@H](NC(C)=O)C(O)O[C@@H]2CO)O[C@H](CO)[C@@H](O[C@@H]2O[C@H](CO[C@H]3O[C@H](CO)[C@@H](O)[C@H](O)[C@@H]3O)[C@@H](O)[C@H](O[C@H]3O[C@H](CO)[C@@H](O)[C@H](O)[C@@H]3O[C@H]3O[C@H](CO)[C@@H](O)[C@H](O)[C@@H]3O)[C@@H]2O)[C@@H]1O. The van der Waals surface area contributed by atoms with Crippen LogP contribution in [-0.4, -0.2) is 327 Å². The predicted octanol–water partition coefficient (Wildman–Crippen LogP) is -13.8. The number of amides is 2. The van der Waals surface area contributed by atoms with Crippen molar-refractivity contribution < 1.29 is 154 Å². The Kier molecular flexibility index (Phi) is 21.3. The van der Waals surface area contributed by atoms with Gasteiger partial charge in [-0.3, -0.25) is 9.59 Å². The number of hydrogen-bond donors (Lipinski definition) is 20. The highest BCUT2D eigenvalue weighted by Crippen LogP contribution is 2.37. The van der Waals surface area contributed by atoms with Crippen LogP contribution in [0.25, 0.3) is 0 Å². The Morgan fingerprint density at radius 1 is 0.356 bits per heavy atom. The Morgan fingerprint density at radius 3 is 1.27 bits per heavy atom. The molecule has 73 heavy (non-hydrogen) atoms. The van der Waals surface area contributed by atoms with Crippen molar-refractivity contribution in [2.45, 2.75) is 198 Å². The lowest BCUT2D eigenvalue weighted by atomic mass is 9.94. The highest BCUT2D eigenvalue weighted by atomic mass is 16.8.